The molecule has 0 atom stereocenters. The summed E-state index contributed by atoms with van der Waals surface area (Å²) < 4.78 is 0. The van der Waals surface area contributed by atoms with E-state index in [0.29, 0.717) is 11.7 Å². The van der Waals surface area contributed by atoms with E-state index in [1.165, 1.54) is 0 Å². The van der Waals surface area contributed by atoms with Gasteiger partial charge >= 0.3 is 0 Å². The number of carbonyl (C=O) groups is 1. The third kappa shape index (κ3) is 2.32. The topological polar surface area (TPSA) is 17.1 Å². The molecule has 0 spiro atoms. The quantitative estimate of drug-likeness (QED) is 0.614. The monoisotopic (exact) mass is 156 g/mol. The predicted molar refractivity (Wildman–Crippen MR) is 48.5 cm³/mol. The van der Waals surface area contributed by atoms with Crippen LogP contribution in [0.3, 0.4) is 0 Å². The normalized spacial score (nSPS) is 12.7. The Balaban J connectivity index is 4.43. The molecule has 0 bridgehead atoms. The SMILES string of the molecule is CC(C)C(=O)C(C)(C)C(C)C. The Bertz CT molecular complexity index is 143. The van der Waals surface area contributed by atoms with E-state index in [-0.39, 0.29) is 11.3 Å². The van der Waals surface area contributed by atoms with Gasteiger partial charge in [0.15, 0.2) is 0 Å². The fourth-order valence-electron chi connectivity index (χ4n) is 1.03. The zero-order chi connectivity index (χ0) is 9.23. The van der Waals surface area contributed by atoms with E-state index >= 15 is 0 Å². The Morgan fingerprint density at radius 1 is 1.09 bits per heavy atom. The summed E-state index contributed by atoms with van der Waals surface area (Å²) in [4.78, 5) is 11.6. The summed E-state index contributed by atoms with van der Waals surface area (Å²) in [7, 11) is 0. The number of rotatable bonds is 3. The van der Waals surface area contributed by atoms with Crippen molar-refractivity contribution in [3.05, 3.63) is 0 Å². The average molecular weight is 156 g/mol. The Hall–Kier alpha value is -0.330. The van der Waals surface area contributed by atoms with Crippen LogP contribution < -0.4 is 0 Å². The van der Waals surface area contributed by atoms with Gasteiger partial charge in [0.2, 0.25) is 0 Å². The van der Waals surface area contributed by atoms with Crippen molar-refractivity contribution in [1.82, 2.24) is 0 Å². The van der Waals surface area contributed by atoms with Crippen molar-refractivity contribution in [1.29, 1.82) is 0 Å². The average Bonchev–Trinajstić information content (AvgIpc) is 1.85. The second kappa shape index (κ2) is 3.38. The highest BCUT2D eigenvalue weighted by Crippen LogP contribution is 2.29. The summed E-state index contributed by atoms with van der Waals surface area (Å²) in [5, 5.41) is 0. The van der Waals surface area contributed by atoms with E-state index in [9.17, 15) is 4.79 Å². The predicted octanol–water partition coefficient (Wildman–Crippen LogP) is 2.89. The number of hydrogen-bond acceptors (Lipinski definition) is 1. The molecule has 1 heteroatoms. The molecule has 0 aromatic rings. The Morgan fingerprint density at radius 2 is 1.45 bits per heavy atom. The molecule has 0 amide bonds. The maximum absolute atomic E-state index is 11.6. The maximum Gasteiger partial charge on any atom is 0.141 e. The summed E-state index contributed by atoms with van der Waals surface area (Å²) in [6.07, 6.45) is 0. The third-order valence-electron chi connectivity index (χ3n) is 2.60. The molecule has 0 rings (SSSR count). The molecule has 0 saturated heterocycles. The lowest BCUT2D eigenvalue weighted by molar-refractivity contribution is -0.132. The van der Waals surface area contributed by atoms with E-state index in [0.717, 1.165) is 0 Å². The van der Waals surface area contributed by atoms with Crippen molar-refractivity contribution in [3.8, 4) is 0 Å². The van der Waals surface area contributed by atoms with E-state index in [2.05, 4.69) is 13.8 Å². The van der Waals surface area contributed by atoms with Crippen LogP contribution in [0.5, 0.6) is 0 Å². The molecule has 66 valence electrons. The highest BCUT2D eigenvalue weighted by Gasteiger charge is 2.32. The molecule has 0 aromatic heterocycles. The lowest BCUT2D eigenvalue weighted by atomic mass is 9.74. The fourth-order valence-corrected chi connectivity index (χ4v) is 1.03. The molecule has 0 saturated carbocycles. The van der Waals surface area contributed by atoms with Gasteiger partial charge in [-0.25, -0.2) is 0 Å². The molecule has 0 aliphatic heterocycles. The summed E-state index contributed by atoms with van der Waals surface area (Å²) in [6, 6.07) is 0. The van der Waals surface area contributed by atoms with Crippen molar-refractivity contribution >= 4 is 5.78 Å². The van der Waals surface area contributed by atoms with Gasteiger partial charge in [0.1, 0.15) is 5.78 Å². The molecule has 0 N–H and O–H groups in total. The van der Waals surface area contributed by atoms with Gasteiger partial charge < -0.3 is 0 Å². The first-order chi connectivity index (χ1) is 4.80. The molecule has 0 aromatic carbocycles. The van der Waals surface area contributed by atoms with Gasteiger partial charge in [-0.3, -0.25) is 4.79 Å². The van der Waals surface area contributed by atoms with Crippen molar-refractivity contribution in [2.45, 2.75) is 41.5 Å². The summed E-state index contributed by atoms with van der Waals surface area (Å²) in [5.74, 6) is 0.956. The van der Waals surface area contributed by atoms with Crippen LogP contribution in [-0.2, 0) is 4.79 Å². The van der Waals surface area contributed by atoms with Crippen molar-refractivity contribution < 1.29 is 4.79 Å². The smallest absolute Gasteiger partial charge is 0.141 e. The summed E-state index contributed by atoms with van der Waals surface area (Å²) in [6.45, 7) is 12.2. The van der Waals surface area contributed by atoms with E-state index in [1.54, 1.807) is 0 Å². The van der Waals surface area contributed by atoms with Crippen LogP contribution in [0.15, 0.2) is 0 Å². The molecule has 0 aliphatic carbocycles. The minimum Gasteiger partial charge on any atom is -0.299 e. The molecule has 0 fully saturated rings. The largest absolute Gasteiger partial charge is 0.299 e. The number of carbonyl (C=O) groups excluding carboxylic acids is 1. The van der Waals surface area contributed by atoms with Crippen LogP contribution in [0.2, 0.25) is 0 Å². The van der Waals surface area contributed by atoms with Gasteiger partial charge in [-0.2, -0.15) is 0 Å². The minimum absolute atomic E-state index is 0.159. The zero-order valence-corrected chi connectivity index (χ0v) is 8.56. The van der Waals surface area contributed by atoms with Crippen LogP contribution in [0, 0.1) is 17.3 Å². The van der Waals surface area contributed by atoms with E-state index < -0.39 is 0 Å². The molecule has 0 aliphatic rings. The summed E-state index contributed by atoms with van der Waals surface area (Å²) in [5.41, 5.74) is -0.159. The molecule has 0 unspecified atom stereocenters. The van der Waals surface area contributed by atoms with Crippen molar-refractivity contribution in [2.75, 3.05) is 0 Å². The lowest BCUT2D eigenvalue weighted by Crippen LogP contribution is -2.33. The van der Waals surface area contributed by atoms with Gasteiger partial charge in [-0.15, -0.1) is 0 Å². The zero-order valence-electron chi connectivity index (χ0n) is 8.56. The van der Waals surface area contributed by atoms with Crippen LogP contribution in [-0.4, -0.2) is 5.78 Å². The highest BCUT2D eigenvalue weighted by atomic mass is 16.1. The van der Waals surface area contributed by atoms with Gasteiger partial charge in [-0.1, -0.05) is 41.5 Å². The molecular formula is C10H20O. The molecule has 0 radical (unpaired) electrons. The maximum atomic E-state index is 11.6. The molecular weight excluding hydrogens is 136 g/mol. The van der Waals surface area contributed by atoms with E-state index in [1.807, 2.05) is 27.7 Å². The van der Waals surface area contributed by atoms with Crippen LogP contribution in [0.4, 0.5) is 0 Å². The standard InChI is InChI=1S/C10H20O/c1-7(2)9(11)10(5,6)8(3)4/h7-8H,1-6H3. The van der Waals surface area contributed by atoms with E-state index in [4.69, 9.17) is 0 Å². The first kappa shape index (κ1) is 10.7. The Kier molecular flexibility index (Phi) is 3.28. The van der Waals surface area contributed by atoms with Crippen LogP contribution >= 0.6 is 0 Å². The minimum atomic E-state index is -0.159. The van der Waals surface area contributed by atoms with Gasteiger partial charge in [0.05, 0.1) is 0 Å². The second-order valence-corrected chi connectivity index (χ2v) is 4.40. The van der Waals surface area contributed by atoms with Crippen molar-refractivity contribution in [3.63, 3.8) is 0 Å². The van der Waals surface area contributed by atoms with Gasteiger partial charge in [-0.05, 0) is 5.92 Å². The summed E-state index contributed by atoms with van der Waals surface area (Å²) >= 11 is 0. The second-order valence-electron chi connectivity index (χ2n) is 4.40. The van der Waals surface area contributed by atoms with Crippen molar-refractivity contribution in [2.24, 2.45) is 17.3 Å². The molecule has 0 heterocycles. The first-order valence-corrected chi connectivity index (χ1v) is 4.34. The Labute approximate surface area is 70.2 Å². The first-order valence-electron chi connectivity index (χ1n) is 4.34. The van der Waals surface area contributed by atoms with Crippen LogP contribution in [0.1, 0.15) is 41.5 Å². The number of ketones is 1. The fraction of sp³-hybridized carbons (Fsp3) is 0.900. The highest BCUT2D eigenvalue weighted by molar-refractivity contribution is 5.85. The number of Topliss-reactive ketones (excluding diaryl/α,β-unsaturated/α-hetero) is 1. The number of hydrogen-bond donors (Lipinski definition) is 0. The Morgan fingerprint density at radius 3 is 1.55 bits per heavy atom. The van der Waals surface area contributed by atoms with Crippen LogP contribution in [0.25, 0.3) is 0 Å². The molecule has 11 heavy (non-hydrogen) atoms. The lowest BCUT2D eigenvalue weighted by Gasteiger charge is -2.29. The third-order valence-corrected chi connectivity index (χ3v) is 2.60. The van der Waals surface area contributed by atoms with Gasteiger partial charge in [0, 0.05) is 11.3 Å². The molecule has 1 nitrogen and oxygen atoms in total. The van der Waals surface area contributed by atoms with Gasteiger partial charge in [0.25, 0.3) is 0 Å².